The summed E-state index contributed by atoms with van der Waals surface area (Å²) in [7, 11) is 0. The van der Waals surface area contributed by atoms with Crippen molar-refractivity contribution in [1.29, 1.82) is 0 Å². The summed E-state index contributed by atoms with van der Waals surface area (Å²) in [4.78, 5) is 0. The van der Waals surface area contributed by atoms with Crippen molar-refractivity contribution in [1.82, 2.24) is 0 Å². The average Bonchev–Trinajstić information content (AvgIpc) is 2.56. The van der Waals surface area contributed by atoms with Gasteiger partial charge in [-0.15, -0.1) is 0 Å². The van der Waals surface area contributed by atoms with E-state index in [9.17, 15) is 5.11 Å². The number of rotatable bonds is 4. The summed E-state index contributed by atoms with van der Waals surface area (Å²) in [6, 6.07) is 9.37. The van der Waals surface area contributed by atoms with Crippen LogP contribution in [0.1, 0.15) is 68.9 Å². The van der Waals surface area contributed by atoms with Gasteiger partial charge in [-0.1, -0.05) is 44.0 Å². The fourth-order valence-electron chi connectivity index (χ4n) is 3.94. The molecule has 23 heavy (non-hydrogen) atoms. The summed E-state index contributed by atoms with van der Waals surface area (Å²) in [5, 5.41) is 9.36. The Hall–Kier alpha value is -0.172. The third kappa shape index (κ3) is 5.69. The van der Waals surface area contributed by atoms with E-state index in [1.807, 2.05) is 0 Å². The zero-order chi connectivity index (χ0) is 15.4. The molecule has 0 aromatic heterocycles. The second-order valence-corrected chi connectivity index (χ2v) is 7.47. The summed E-state index contributed by atoms with van der Waals surface area (Å²) in [6.45, 7) is 3.10. The molecule has 0 spiro atoms. The van der Waals surface area contributed by atoms with Crippen molar-refractivity contribution in [2.24, 2.45) is 11.8 Å². The van der Waals surface area contributed by atoms with Crippen LogP contribution in [-0.2, 0) is 32.2 Å². The van der Waals surface area contributed by atoms with Crippen LogP contribution in [0.2, 0.25) is 0 Å². The summed E-state index contributed by atoms with van der Waals surface area (Å²) in [5.41, 5.74) is 2.99. The van der Waals surface area contributed by atoms with Gasteiger partial charge in [-0.2, -0.15) is 0 Å². The zero-order valence-corrected chi connectivity index (χ0v) is 17.2. The second kappa shape index (κ2) is 9.35. The van der Waals surface area contributed by atoms with Gasteiger partial charge in [0.05, 0.1) is 6.61 Å². The molecule has 3 heteroatoms. The Balaban J connectivity index is 0.00000192. The quantitative estimate of drug-likeness (QED) is 0.672. The van der Waals surface area contributed by atoms with E-state index in [0.29, 0.717) is 5.92 Å². The number of aliphatic hydroxyl groups excluding tert-OH is 1. The SMILES string of the molecule is CC1CCC(c2ccc(CCC3CCC(O)OC3)cc2)CC1.[W]. The molecular formula is C20H30O2W. The second-order valence-electron chi connectivity index (χ2n) is 7.47. The predicted molar refractivity (Wildman–Crippen MR) is 89.8 cm³/mol. The van der Waals surface area contributed by atoms with Crippen molar-refractivity contribution >= 4 is 0 Å². The molecule has 0 radical (unpaired) electrons. The Morgan fingerprint density at radius 2 is 1.70 bits per heavy atom. The first-order valence-electron chi connectivity index (χ1n) is 9.09. The van der Waals surface area contributed by atoms with E-state index >= 15 is 0 Å². The minimum atomic E-state index is -0.520. The molecule has 0 amide bonds. The Kier molecular flexibility index (Phi) is 7.79. The monoisotopic (exact) mass is 486 g/mol. The number of benzene rings is 1. The van der Waals surface area contributed by atoms with Crippen LogP contribution in [0.25, 0.3) is 0 Å². The van der Waals surface area contributed by atoms with E-state index in [-0.39, 0.29) is 21.1 Å². The molecule has 1 aromatic carbocycles. The fraction of sp³-hybridized carbons (Fsp3) is 0.700. The normalized spacial score (nSPS) is 31.4. The van der Waals surface area contributed by atoms with Crippen LogP contribution in [-0.4, -0.2) is 18.0 Å². The Morgan fingerprint density at radius 3 is 2.30 bits per heavy atom. The number of aliphatic hydroxyl groups is 1. The maximum absolute atomic E-state index is 9.36. The van der Waals surface area contributed by atoms with E-state index < -0.39 is 6.29 Å². The van der Waals surface area contributed by atoms with Gasteiger partial charge in [0.1, 0.15) is 0 Å². The molecular weight excluding hydrogens is 456 g/mol. The number of aryl methyl sites for hydroxylation is 1. The van der Waals surface area contributed by atoms with Gasteiger partial charge < -0.3 is 9.84 Å². The molecule has 1 saturated heterocycles. The molecule has 2 atom stereocenters. The third-order valence-electron chi connectivity index (χ3n) is 5.65. The Labute approximate surface area is 155 Å². The predicted octanol–water partition coefficient (Wildman–Crippen LogP) is 4.66. The fourth-order valence-corrected chi connectivity index (χ4v) is 3.94. The summed E-state index contributed by atoms with van der Waals surface area (Å²) >= 11 is 0. The van der Waals surface area contributed by atoms with Crippen LogP contribution >= 0.6 is 0 Å². The molecule has 2 nitrogen and oxygen atoms in total. The topological polar surface area (TPSA) is 29.5 Å². The van der Waals surface area contributed by atoms with Crippen LogP contribution in [0.5, 0.6) is 0 Å². The Bertz CT molecular complexity index is 443. The molecule has 1 N–H and O–H groups in total. The maximum atomic E-state index is 9.36. The van der Waals surface area contributed by atoms with E-state index in [4.69, 9.17) is 4.74 Å². The summed E-state index contributed by atoms with van der Waals surface area (Å²) in [5.74, 6) is 2.33. The largest absolute Gasteiger partial charge is 0.368 e. The molecule has 1 heterocycles. The molecule has 3 rings (SSSR count). The van der Waals surface area contributed by atoms with Crippen LogP contribution in [0.4, 0.5) is 0 Å². The molecule has 1 aliphatic carbocycles. The smallest absolute Gasteiger partial charge is 0.154 e. The van der Waals surface area contributed by atoms with Crippen molar-refractivity contribution in [2.75, 3.05) is 6.61 Å². The van der Waals surface area contributed by atoms with E-state index in [1.54, 1.807) is 5.56 Å². The van der Waals surface area contributed by atoms with Crippen LogP contribution in [0.3, 0.4) is 0 Å². The van der Waals surface area contributed by atoms with Gasteiger partial charge in [0, 0.05) is 21.1 Å². The van der Waals surface area contributed by atoms with E-state index in [1.165, 1.54) is 37.7 Å². The van der Waals surface area contributed by atoms with Crippen molar-refractivity contribution in [3.8, 4) is 0 Å². The van der Waals surface area contributed by atoms with Crippen LogP contribution in [0.15, 0.2) is 24.3 Å². The van der Waals surface area contributed by atoms with Gasteiger partial charge >= 0.3 is 0 Å². The van der Waals surface area contributed by atoms with Crippen LogP contribution < -0.4 is 0 Å². The molecule has 128 valence electrons. The number of hydrogen-bond acceptors (Lipinski definition) is 2. The summed E-state index contributed by atoms with van der Waals surface area (Å²) < 4.78 is 5.34. The average molecular weight is 486 g/mol. The van der Waals surface area contributed by atoms with Crippen molar-refractivity contribution < 1.29 is 30.9 Å². The van der Waals surface area contributed by atoms with Gasteiger partial charge in [-0.3, -0.25) is 0 Å². The molecule has 2 unspecified atom stereocenters. The van der Waals surface area contributed by atoms with E-state index in [0.717, 1.165) is 37.7 Å². The first-order valence-corrected chi connectivity index (χ1v) is 9.09. The molecule has 0 bridgehead atoms. The first-order chi connectivity index (χ1) is 10.7. The molecule has 2 aliphatic rings. The summed E-state index contributed by atoms with van der Waals surface area (Å²) in [6.07, 6.45) is 9.18. The number of hydrogen-bond donors (Lipinski definition) is 1. The van der Waals surface area contributed by atoms with Gasteiger partial charge in [0.15, 0.2) is 6.29 Å². The molecule has 1 aromatic rings. The third-order valence-corrected chi connectivity index (χ3v) is 5.65. The van der Waals surface area contributed by atoms with E-state index in [2.05, 4.69) is 31.2 Å². The van der Waals surface area contributed by atoms with Gasteiger partial charge in [-0.25, -0.2) is 0 Å². The molecule has 2 fully saturated rings. The van der Waals surface area contributed by atoms with Crippen molar-refractivity contribution in [2.45, 2.75) is 70.5 Å². The standard InChI is InChI=1S/C20H30O2.W/c1-15-2-9-18(10-3-15)19-11-6-16(7-12-19)4-5-17-8-13-20(21)22-14-17;/h6-7,11-12,15,17-18,20-21H,2-5,8-10,13-14H2,1H3;. The zero-order valence-electron chi connectivity index (χ0n) is 14.2. The van der Waals surface area contributed by atoms with Crippen molar-refractivity contribution in [3.05, 3.63) is 35.4 Å². The minimum Gasteiger partial charge on any atom is -0.368 e. The first kappa shape index (κ1) is 19.2. The maximum Gasteiger partial charge on any atom is 0.154 e. The van der Waals surface area contributed by atoms with Gasteiger partial charge in [-0.05, 0) is 67.4 Å². The van der Waals surface area contributed by atoms with Crippen molar-refractivity contribution in [3.63, 3.8) is 0 Å². The van der Waals surface area contributed by atoms with Gasteiger partial charge in [0.25, 0.3) is 0 Å². The molecule has 1 saturated carbocycles. The number of ether oxygens (including phenoxy) is 1. The minimum absolute atomic E-state index is 0. The Morgan fingerprint density at radius 1 is 1.00 bits per heavy atom. The molecule has 1 aliphatic heterocycles. The van der Waals surface area contributed by atoms with Gasteiger partial charge in [0.2, 0.25) is 0 Å². The van der Waals surface area contributed by atoms with Crippen LogP contribution in [0, 0.1) is 11.8 Å².